The first kappa shape index (κ1) is 16.8. The van der Waals surface area contributed by atoms with Crippen molar-refractivity contribution in [2.24, 2.45) is 11.7 Å². The van der Waals surface area contributed by atoms with Crippen molar-refractivity contribution < 1.29 is 9.53 Å². The predicted octanol–water partition coefficient (Wildman–Crippen LogP) is 3.44. The molecule has 2 atom stereocenters. The summed E-state index contributed by atoms with van der Waals surface area (Å²) in [6.45, 7) is 7.82. The fourth-order valence-electron chi connectivity index (χ4n) is 1.67. The Morgan fingerprint density at radius 2 is 2.05 bits per heavy atom. The van der Waals surface area contributed by atoms with E-state index in [-0.39, 0.29) is 17.9 Å². The number of hydrogen-bond donors (Lipinski definition) is 2. The van der Waals surface area contributed by atoms with E-state index < -0.39 is 6.04 Å². The van der Waals surface area contributed by atoms with Crippen molar-refractivity contribution in [3.63, 3.8) is 0 Å². The van der Waals surface area contributed by atoms with E-state index in [9.17, 15) is 4.79 Å². The number of nitrogens with one attached hydrogen (secondary N) is 1. The summed E-state index contributed by atoms with van der Waals surface area (Å²) in [5.74, 6) is 0.535. The van der Waals surface area contributed by atoms with E-state index in [4.69, 9.17) is 22.1 Å². The Morgan fingerprint density at radius 3 is 2.55 bits per heavy atom. The van der Waals surface area contributed by atoms with Gasteiger partial charge in [0.1, 0.15) is 5.75 Å². The Labute approximate surface area is 125 Å². The molecule has 5 heteroatoms. The summed E-state index contributed by atoms with van der Waals surface area (Å²) in [4.78, 5) is 12.0. The zero-order chi connectivity index (χ0) is 15.3. The molecular formula is C15H23ClN2O2. The van der Waals surface area contributed by atoms with E-state index in [2.05, 4.69) is 5.32 Å². The van der Waals surface area contributed by atoms with Crippen LogP contribution >= 0.6 is 11.6 Å². The molecule has 0 aliphatic rings. The quantitative estimate of drug-likeness (QED) is 0.845. The highest BCUT2D eigenvalue weighted by Crippen LogP contribution is 2.28. The van der Waals surface area contributed by atoms with Crippen molar-refractivity contribution in [2.75, 3.05) is 5.32 Å². The van der Waals surface area contributed by atoms with Crippen LogP contribution in [0.2, 0.25) is 5.02 Å². The average molecular weight is 299 g/mol. The van der Waals surface area contributed by atoms with Crippen LogP contribution in [0.1, 0.15) is 34.1 Å². The van der Waals surface area contributed by atoms with E-state index in [1.807, 2.05) is 27.7 Å². The first-order chi connectivity index (χ1) is 9.35. The van der Waals surface area contributed by atoms with E-state index in [0.717, 1.165) is 6.42 Å². The summed E-state index contributed by atoms with van der Waals surface area (Å²) < 4.78 is 5.54. The van der Waals surface area contributed by atoms with Crippen molar-refractivity contribution >= 4 is 23.2 Å². The minimum atomic E-state index is -0.523. The average Bonchev–Trinajstić information content (AvgIpc) is 2.39. The first-order valence-electron chi connectivity index (χ1n) is 6.87. The molecule has 0 fully saturated rings. The molecule has 0 aliphatic heterocycles. The molecule has 0 spiro atoms. The normalized spacial score (nSPS) is 13.9. The highest BCUT2D eigenvalue weighted by atomic mass is 35.5. The standard InChI is InChI=1S/C15H23ClN2O2/c1-5-10(4)14(17)15(19)18-11-6-7-13(12(16)8-11)20-9(2)3/h6-10,14H,5,17H2,1-4H3,(H,18,19). The fraction of sp³-hybridized carbons (Fsp3) is 0.533. The zero-order valence-electron chi connectivity index (χ0n) is 12.4. The van der Waals surface area contributed by atoms with Crippen molar-refractivity contribution in [2.45, 2.75) is 46.3 Å². The maximum Gasteiger partial charge on any atom is 0.241 e. The number of rotatable bonds is 6. The van der Waals surface area contributed by atoms with Crippen LogP contribution in [0.3, 0.4) is 0 Å². The molecule has 0 radical (unpaired) electrons. The SMILES string of the molecule is CCC(C)C(N)C(=O)Nc1ccc(OC(C)C)c(Cl)c1. The molecule has 3 N–H and O–H groups in total. The summed E-state index contributed by atoms with van der Waals surface area (Å²) in [5.41, 5.74) is 6.50. The van der Waals surface area contributed by atoms with Gasteiger partial charge in [0.25, 0.3) is 0 Å². The molecule has 1 rings (SSSR count). The van der Waals surface area contributed by atoms with Gasteiger partial charge in [0.2, 0.25) is 5.91 Å². The van der Waals surface area contributed by atoms with Gasteiger partial charge in [-0.3, -0.25) is 4.79 Å². The monoisotopic (exact) mass is 298 g/mol. The van der Waals surface area contributed by atoms with Gasteiger partial charge in [0.05, 0.1) is 17.2 Å². The van der Waals surface area contributed by atoms with Crippen LogP contribution < -0.4 is 15.8 Å². The lowest BCUT2D eigenvalue weighted by Gasteiger charge is -2.18. The molecule has 0 saturated carbocycles. The van der Waals surface area contributed by atoms with Crippen LogP contribution in [0.4, 0.5) is 5.69 Å². The molecular weight excluding hydrogens is 276 g/mol. The first-order valence-corrected chi connectivity index (χ1v) is 7.25. The molecule has 112 valence electrons. The Kier molecular flexibility index (Phi) is 6.30. The predicted molar refractivity (Wildman–Crippen MR) is 83.3 cm³/mol. The van der Waals surface area contributed by atoms with Crippen molar-refractivity contribution in [1.82, 2.24) is 0 Å². The lowest BCUT2D eigenvalue weighted by Crippen LogP contribution is -2.40. The number of carbonyl (C=O) groups is 1. The van der Waals surface area contributed by atoms with Gasteiger partial charge in [-0.15, -0.1) is 0 Å². The Hall–Kier alpha value is -1.26. The Morgan fingerprint density at radius 1 is 1.40 bits per heavy atom. The molecule has 0 bridgehead atoms. The number of halogens is 1. The van der Waals surface area contributed by atoms with Gasteiger partial charge in [0, 0.05) is 5.69 Å². The van der Waals surface area contributed by atoms with Gasteiger partial charge >= 0.3 is 0 Å². The Balaban J connectivity index is 2.74. The highest BCUT2D eigenvalue weighted by Gasteiger charge is 2.19. The number of anilines is 1. The minimum absolute atomic E-state index is 0.0479. The van der Waals surface area contributed by atoms with E-state index in [0.29, 0.717) is 16.5 Å². The second kappa shape index (κ2) is 7.50. The number of benzene rings is 1. The number of ether oxygens (including phenoxy) is 1. The lowest BCUT2D eigenvalue weighted by molar-refractivity contribution is -0.118. The lowest BCUT2D eigenvalue weighted by atomic mass is 9.99. The van der Waals surface area contributed by atoms with Crippen LogP contribution in [-0.2, 0) is 4.79 Å². The molecule has 20 heavy (non-hydrogen) atoms. The van der Waals surface area contributed by atoms with Crippen molar-refractivity contribution in [3.8, 4) is 5.75 Å². The largest absolute Gasteiger partial charge is 0.489 e. The molecule has 0 aromatic heterocycles. The number of carbonyl (C=O) groups excluding carboxylic acids is 1. The third-order valence-electron chi connectivity index (χ3n) is 3.12. The van der Waals surface area contributed by atoms with Gasteiger partial charge in [0.15, 0.2) is 0 Å². The summed E-state index contributed by atoms with van der Waals surface area (Å²) in [5, 5.41) is 3.24. The maximum atomic E-state index is 12.0. The zero-order valence-corrected chi connectivity index (χ0v) is 13.2. The van der Waals surface area contributed by atoms with Crippen LogP contribution in [0.5, 0.6) is 5.75 Å². The van der Waals surface area contributed by atoms with Gasteiger partial charge in [-0.25, -0.2) is 0 Å². The summed E-state index contributed by atoms with van der Waals surface area (Å²) >= 11 is 6.12. The molecule has 1 amide bonds. The fourth-order valence-corrected chi connectivity index (χ4v) is 1.89. The summed E-state index contributed by atoms with van der Waals surface area (Å²) in [7, 11) is 0. The third kappa shape index (κ3) is 4.69. The molecule has 0 saturated heterocycles. The number of amides is 1. The molecule has 4 nitrogen and oxygen atoms in total. The highest BCUT2D eigenvalue weighted by molar-refractivity contribution is 6.32. The van der Waals surface area contributed by atoms with E-state index >= 15 is 0 Å². The van der Waals surface area contributed by atoms with Crippen LogP contribution in [0, 0.1) is 5.92 Å². The second-order valence-corrected chi connectivity index (χ2v) is 5.62. The van der Waals surface area contributed by atoms with E-state index in [1.165, 1.54) is 0 Å². The van der Waals surface area contributed by atoms with Gasteiger partial charge in [-0.2, -0.15) is 0 Å². The van der Waals surface area contributed by atoms with Crippen LogP contribution in [0.15, 0.2) is 18.2 Å². The number of hydrogen-bond acceptors (Lipinski definition) is 3. The minimum Gasteiger partial charge on any atom is -0.489 e. The molecule has 1 aromatic carbocycles. The van der Waals surface area contributed by atoms with Crippen LogP contribution in [0.25, 0.3) is 0 Å². The Bertz CT molecular complexity index is 463. The molecule has 1 aromatic rings. The van der Waals surface area contributed by atoms with Crippen LogP contribution in [-0.4, -0.2) is 18.1 Å². The van der Waals surface area contributed by atoms with Gasteiger partial charge in [-0.1, -0.05) is 31.9 Å². The molecule has 0 aliphatic carbocycles. The van der Waals surface area contributed by atoms with Crippen molar-refractivity contribution in [1.29, 1.82) is 0 Å². The third-order valence-corrected chi connectivity index (χ3v) is 3.42. The van der Waals surface area contributed by atoms with E-state index in [1.54, 1.807) is 18.2 Å². The maximum absolute atomic E-state index is 12.0. The summed E-state index contributed by atoms with van der Waals surface area (Å²) in [6, 6.07) is 4.64. The van der Waals surface area contributed by atoms with Crippen molar-refractivity contribution in [3.05, 3.63) is 23.2 Å². The van der Waals surface area contributed by atoms with Gasteiger partial charge < -0.3 is 15.8 Å². The topological polar surface area (TPSA) is 64.4 Å². The van der Waals surface area contributed by atoms with Gasteiger partial charge in [-0.05, 0) is 38.0 Å². The smallest absolute Gasteiger partial charge is 0.241 e. The summed E-state index contributed by atoms with van der Waals surface area (Å²) in [6.07, 6.45) is 0.906. The second-order valence-electron chi connectivity index (χ2n) is 5.21. The molecule has 0 heterocycles. The molecule has 2 unspecified atom stereocenters. The number of nitrogens with two attached hydrogens (primary N) is 1.